The maximum atomic E-state index is 12.9. The van der Waals surface area contributed by atoms with Gasteiger partial charge >= 0.3 is 12.0 Å². The lowest BCUT2D eigenvalue weighted by molar-refractivity contribution is -0.144. The molecule has 1 saturated heterocycles. The number of hydrogen-bond acceptors (Lipinski definition) is 5. The summed E-state index contributed by atoms with van der Waals surface area (Å²) in [5.74, 6) is -2.28. The van der Waals surface area contributed by atoms with Crippen LogP contribution in [0.2, 0.25) is 0 Å². The molecule has 2 aromatic rings. The molecule has 154 valence electrons. The van der Waals surface area contributed by atoms with Crippen molar-refractivity contribution < 1.29 is 29.0 Å². The Morgan fingerprint density at radius 1 is 1.07 bits per heavy atom. The number of barbiturate groups is 1. The molecule has 4 amide bonds. The number of ether oxygens (including phenoxy) is 1. The number of nitrogens with one attached hydrogen (secondary N) is 1. The predicted molar refractivity (Wildman–Crippen MR) is 109 cm³/mol. The van der Waals surface area contributed by atoms with Gasteiger partial charge in [-0.25, -0.2) is 14.5 Å². The first-order chi connectivity index (χ1) is 14.2. The summed E-state index contributed by atoms with van der Waals surface area (Å²) in [4.78, 5) is 49.3. The van der Waals surface area contributed by atoms with Crippen molar-refractivity contribution in [2.45, 2.75) is 26.9 Å². The van der Waals surface area contributed by atoms with Crippen LogP contribution in [0, 0.1) is 13.8 Å². The number of aryl methyl sites for hydroxylation is 2. The number of rotatable bonds is 5. The predicted octanol–water partition coefficient (Wildman–Crippen LogP) is 2.82. The quantitative estimate of drug-likeness (QED) is 0.581. The zero-order valence-corrected chi connectivity index (χ0v) is 16.6. The number of imide groups is 2. The van der Waals surface area contributed by atoms with Crippen molar-refractivity contribution in [2.75, 3.05) is 4.90 Å². The van der Waals surface area contributed by atoms with E-state index in [1.165, 1.54) is 25.1 Å². The number of carbonyl (C=O) groups excluding carboxylic acids is 3. The SMILES string of the molecule is Cc1cc(C)cc(N2C(=O)NC(=O)/C(=C/c3ccc(OC(C)C(=O)O)cc3)C2=O)c1. The largest absolute Gasteiger partial charge is 0.479 e. The third-order valence-corrected chi connectivity index (χ3v) is 4.42. The number of carboxylic acids is 1. The van der Waals surface area contributed by atoms with Gasteiger partial charge in [0.05, 0.1) is 5.69 Å². The van der Waals surface area contributed by atoms with Gasteiger partial charge in [-0.05, 0) is 67.8 Å². The molecule has 8 nitrogen and oxygen atoms in total. The van der Waals surface area contributed by atoms with Crippen LogP contribution < -0.4 is 15.0 Å². The van der Waals surface area contributed by atoms with E-state index in [2.05, 4.69) is 5.32 Å². The Morgan fingerprint density at radius 2 is 1.67 bits per heavy atom. The lowest BCUT2D eigenvalue weighted by atomic mass is 10.1. The second-order valence-electron chi connectivity index (χ2n) is 6.97. The van der Waals surface area contributed by atoms with Crippen LogP contribution in [-0.4, -0.2) is 35.0 Å². The van der Waals surface area contributed by atoms with E-state index in [4.69, 9.17) is 9.84 Å². The number of nitrogens with zero attached hydrogens (tertiary/aromatic N) is 1. The molecule has 1 aliphatic rings. The molecule has 8 heteroatoms. The number of carboxylic acid groups (broad SMARTS) is 1. The maximum Gasteiger partial charge on any atom is 0.344 e. The molecule has 1 fully saturated rings. The molecule has 0 aromatic heterocycles. The number of amides is 4. The zero-order chi connectivity index (χ0) is 22.0. The molecule has 0 aliphatic carbocycles. The number of hydrogen-bond donors (Lipinski definition) is 2. The number of carbonyl (C=O) groups is 4. The molecule has 2 aromatic carbocycles. The number of anilines is 1. The van der Waals surface area contributed by atoms with E-state index in [1.807, 2.05) is 19.9 Å². The van der Waals surface area contributed by atoms with Crippen molar-refractivity contribution in [1.82, 2.24) is 5.32 Å². The van der Waals surface area contributed by atoms with Crippen LogP contribution in [0.5, 0.6) is 5.75 Å². The third kappa shape index (κ3) is 4.38. The lowest BCUT2D eigenvalue weighted by Gasteiger charge is -2.27. The fraction of sp³-hybridized carbons (Fsp3) is 0.182. The Bertz CT molecular complexity index is 1050. The zero-order valence-electron chi connectivity index (χ0n) is 16.6. The Balaban J connectivity index is 1.90. The molecule has 0 saturated carbocycles. The van der Waals surface area contributed by atoms with Gasteiger partial charge in [-0.2, -0.15) is 0 Å². The van der Waals surface area contributed by atoms with Crippen LogP contribution in [0.1, 0.15) is 23.6 Å². The summed E-state index contributed by atoms with van der Waals surface area (Å²) < 4.78 is 5.25. The number of urea groups is 1. The molecule has 0 bridgehead atoms. The van der Waals surface area contributed by atoms with Crippen LogP contribution in [-0.2, 0) is 14.4 Å². The Hall–Kier alpha value is -3.94. The second kappa shape index (κ2) is 8.20. The molecular weight excluding hydrogens is 388 g/mol. The van der Waals surface area contributed by atoms with Crippen LogP contribution >= 0.6 is 0 Å². The van der Waals surface area contributed by atoms with Crippen molar-refractivity contribution in [3.63, 3.8) is 0 Å². The molecule has 3 rings (SSSR count). The first-order valence-corrected chi connectivity index (χ1v) is 9.15. The smallest absolute Gasteiger partial charge is 0.344 e. The highest BCUT2D eigenvalue weighted by Gasteiger charge is 2.36. The summed E-state index contributed by atoms with van der Waals surface area (Å²) in [5.41, 5.74) is 2.44. The second-order valence-corrected chi connectivity index (χ2v) is 6.97. The van der Waals surface area contributed by atoms with Crippen molar-refractivity contribution in [3.8, 4) is 5.75 Å². The van der Waals surface area contributed by atoms with Gasteiger partial charge in [0.15, 0.2) is 6.10 Å². The molecule has 1 atom stereocenters. The topological polar surface area (TPSA) is 113 Å². The molecule has 2 N–H and O–H groups in total. The lowest BCUT2D eigenvalue weighted by Crippen LogP contribution is -2.54. The summed E-state index contributed by atoms with van der Waals surface area (Å²) in [6, 6.07) is 10.7. The van der Waals surface area contributed by atoms with Crippen LogP contribution in [0.3, 0.4) is 0 Å². The summed E-state index contributed by atoms with van der Waals surface area (Å²) in [7, 11) is 0. The van der Waals surface area contributed by atoms with Crippen molar-refractivity contribution in [2.24, 2.45) is 0 Å². The summed E-state index contributed by atoms with van der Waals surface area (Å²) in [6.45, 7) is 5.10. The van der Waals surface area contributed by atoms with E-state index >= 15 is 0 Å². The van der Waals surface area contributed by atoms with Crippen LogP contribution in [0.25, 0.3) is 6.08 Å². The van der Waals surface area contributed by atoms with Gasteiger partial charge in [-0.15, -0.1) is 0 Å². The van der Waals surface area contributed by atoms with Crippen LogP contribution in [0.15, 0.2) is 48.0 Å². The number of aliphatic carboxylic acids is 1. The van der Waals surface area contributed by atoms with Crippen molar-refractivity contribution in [3.05, 3.63) is 64.7 Å². The number of benzene rings is 2. The molecular formula is C22H20N2O6. The molecule has 0 spiro atoms. The fourth-order valence-electron chi connectivity index (χ4n) is 3.04. The minimum atomic E-state index is -1.10. The van der Waals surface area contributed by atoms with Gasteiger partial charge in [0.25, 0.3) is 11.8 Å². The van der Waals surface area contributed by atoms with Gasteiger partial charge in [-0.1, -0.05) is 18.2 Å². The minimum absolute atomic E-state index is 0.193. The Kier molecular flexibility index (Phi) is 5.68. The first kappa shape index (κ1) is 20.8. The van der Waals surface area contributed by atoms with E-state index < -0.39 is 29.9 Å². The van der Waals surface area contributed by atoms with Crippen molar-refractivity contribution in [1.29, 1.82) is 0 Å². The van der Waals surface area contributed by atoms with Crippen molar-refractivity contribution >= 4 is 35.6 Å². The van der Waals surface area contributed by atoms with Crippen LogP contribution in [0.4, 0.5) is 10.5 Å². The standard InChI is InChI=1S/C22H20N2O6/c1-12-8-13(2)10-16(9-12)24-20(26)18(19(25)23-22(24)29)11-15-4-6-17(7-5-15)30-14(3)21(27)28/h4-11,14H,1-3H3,(H,27,28)(H,23,25,29)/b18-11-. The molecule has 1 aliphatic heterocycles. The molecule has 1 unspecified atom stereocenters. The average molecular weight is 408 g/mol. The summed E-state index contributed by atoms with van der Waals surface area (Å²) in [5, 5.41) is 11.1. The third-order valence-electron chi connectivity index (χ3n) is 4.42. The first-order valence-electron chi connectivity index (χ1n) is 9.15. The van der Waals surface area contributed by atoms with Gasteiger partial charge in [0, 0.05) is 0 Å². The van der Waals surface area contributed by atoms with Gasteiger partial charge in [0.2, 0.25) is 0 Å². The highest BCUT2D eigenvalue weighted by Crippen LogP contribution is 2.24. The normalized spacial score (nSPS) is 16.4. The van der Waals surface area contributed by atoms with Gasteiger partial charge in [-0.3, -0.25) is 14.9 Å². The Labute approximate surface area is 172 Å². The molecule has 1 heterocycles. The van der Waals surface area contributed by atoms with Gasteiger partial charge in [0.1, 0.15) is 11.3 Å². The monoisotopic (exact) mass is 408 g/mol. The van der Waals surface area contributed by atoms with Gasteiger partial charge < -0.3 is 9.84 Å². The van der Waals surface area contributed by atoms with E-state index in [0.717, 1.165) is 16.0 Å². The average Bonchev–Trinajstić information content (AvgIpc) is 2.65. The Morgan fingerprint density at radius 3 is 2.23 bits per heavy atom. The minimum Gasteiger partial charge on any atom is -0.479 e. The maximum absolute atomic E-state index is 12.9. The summed E-state index contributed by atoms with van der Waals surface area (Å²) >= 11 is 0. The van der Waals surface area contributed by atoms with E-state index in [9.17, 15) is 19.2 Å². The molecule has 30 heavy (non-hydrogen) atoms. The highest BCUT2D eigenvalue weighted by atomic mass is 16.5. The highest BCUT2D eigenvalue weighted by molar-refractivity contribution is 6.39. The summed E-state index contributed by atoms with van der Waals surface area (Å²) in [6.07, 6.45) is 0.349. The van der Waals surface area contributed by atoms with E-state index in [1.54, 1.807) is 24.3 Å². The fourth-order valence-corrected chi connectivity index (χ4v) is 3.04. The van der Waals surface area contributed by atoms with E-state index in [-0.39, 0.29) is 5.57 Å². The molecule has 0 radical (unpaired) electrons. The van der Waals surface area contributed by atoms with E-state index in [0.29, 0.717) is 17.0 Å².